The molecule has 1 aliphatic carbocycles. The van der Waals surface area contributed by atoms with Crippen molar-refractivity contribution in [2.45, 2.75) is 43.9 Å². The number of nitrogens with one attached hydrogen (secondary N) is 1. The number of hydrogen-bond acceptors (Lipinski definition) is 4. The van der Waals surface area contributed by atoms with Gasteiger partial charge in [-0.15, -0.1) is 0 Å². The predicted molar refractivity (Wildman–Crippen MR) is 65.7 cm³/mol. The van der Waals surface area contributed by atoms with E-state index >= 15 is 0 Å². The smallest absolute Gasteiger partial charge is 0.334 e. The summed E-state index contributed by atoms with van der Waals surface area (Å²) < 4.78 is 5.07. The normalized spacial score (nSPS) is 31.8. The van der Waals surface area contributed by atoms with E-state index in [0.717, 1.165) is 12.8 Å². The highest BCUT2D eigenvalue weighted by atomic mass is 16.5. The molecule has 2 aliphatic rings. The zero-order valence-corrected chi connectivity index (χ0v) is 10.7. The molecule has 1 aliphatic heterocycles. The Morgan fingerprint density at radius 1 is 1.21 bits per heavy atom. The van der Waals surface area contributed by atoms with E-state index in [-0.39, 0.29) is 31.3 Å². The molecule has 3 N–H and O–H groups in total. The van der Waals surface area contributed by atoms with E-state index in [1.165, 1.54) is 4.90 Å². The SMILES string of the molecule is O=C(O)C1CN(C(=O)NC2CCC(O)CC2)CCO1. The van der Waals surface area contributed by atoms with Crippen molar-refractivity contribution in [3.8, 4) is 0 Å². The van der Waals surface area contributed by atoms with Gasteiger partial charge in [0.15, 0.2) is 6.10 Å². The van der Waals surface area contributed by atoms with Crippen LogP contribution in [-0.4, -0.2) is 65.1 Å². The molecule has 1 saturated heterocycles. The van der Waals surface area contributed by atoms with Crippen LogP contribution in [0.3, 0.4) is 0 Å². The second kappa shape index (κ2) is 6.21. The van der Waals surface area contributed by atoms with Crippen molar-refractivity contribution in [2.24, 2.45) is 0 Å². The predicted octanol–water partition coefficient (Wildman–Crippen LogP) is -0.215. The summed E-state index contributed by atoms with van der Waals surface area (Å²) in [5, 5.41) is 21.2. The number of amides is 2. The monoisotopic (exact) mass is 272 g/mol. The van der Waals surface area contributed by atoms with Crippen LogP contribution in [0.5, 0.6) is 0 Å². The highest BCUT2D eigenvalue weighted by Gasteiger charge is 2.30. The van der Waals surface area contributed by atoms with E-state index < -0.39 is 12.1 Å². The van der Waals surface area contributed by atoms with Crippen LogP contribution in [0, 0.1) is 0 Å². The number of carbonyl (C=O) groups is 2. The van der Waals surface area contributed by atoms with Crippen LogP contribution in [0.1, 0.15) is 25.7 Å². The summed E-state index contributed by atoms with van der Waals surface area (Å²) in [6, 6.07) is -0.169. The summed E-state index contributed by atoms with van der Waals surface area (Å²) in [5.74, 6) is -1.04. The second-order valence-corrected chi connectivity index (χ2v) is 5.10. The average molecular weight is 272 g/mol. The molecule has 7 nitrogen and oxygen atoms in total. The van der Waals surface area contributed by atoms with E-state index in [1.807, 2.05) is 0 Å². The lowest BCUT2D eigenvalue weighted by Gasteiger charge is -2.33. The van der Waals surface area contributed by atoms with Gasteiger partial charge in [-0.2, -0.15) is 0 Å². The highest BCUT2D eigenvalue weighted by Crippen LogP contribution is 2.18. The van der Waals surface area contributed by atoms with Crippen molar-refractivity contribution >= 4 is 12.0 Å². The Balaban J connectivity index is 1.80. The third-order valence-corrected chi connectivity index (χ3v) is 3.65. The zero-order chi connectivity index (χ0) is 13.8. The van der Waals surface area contributed by atoms with Crippen LogP contribution < -0.4 is 5.32 Å². The van der Waals surface area contributed by atoms with Gasteiger partial charge < -0.3 is 25.2 Å². The summed E-state index contributed by atoms with van der Waals surface area (Å²) in [6.45, 7) is 0.731. The fraction of sp³-hybridized carbons (Fsp3) is 0.833. The van der Waals surface area contributed by atoms with E-state index in [0.29, 0.717) is 19.4 Å². The lowest BCUT2D eigenvalue weighted by molar-refractivity contribution is -0.154. The molecule has 0 aromatic carbocycles. The largest absolute Gasteiger partial charge is 0.479 e. The first-order chi connectivity index (χ1) is 9.06. The Bertz CT molecular complexity index is 341. The Kier molecular flexibility index (Phi) is 4.60. The summed E-state index contributed by atoms with van der Waals surface area (Å²) >= 11 is 0. The van der Waals surface area contributed by atoms with Crippen molar-refractivity contribution in [2.75, 3.05) is 19.7 Å². The van der Waals surface area contributed by atoms with Gasteiger partial charge in [-0.25, -0.2) is 9.59 Å². The molecule has 2 rings (SSSR count). The number of hydrogen-bond donors (Lipinski definition) is 3. The minimum absolute atomic E-state index is 0.0713. The fourth-order valence-electron chi connectivity index (χ4n) is 2.47. The number of nitrogens with zero attached hydrogens (tertiary/aromatic N) is 1. The van der Waals surface area contributed by atoms with E-state index in [4.69, 9.17) is 9.84 Å². The van der Waals surface area contributed by atoms with Crippen LogP contribution in [0.25, 0.3) is 0 Å². The Morgan fingerprint density at radius 3 is 2.53 bits per heavy atom. The minimum Gasteiger partial charge on any atom is -0.479 e. The first kappa shape index (κ1) is 14.1. The molecule has 0 aromatic rings. The van der Waals surface area contributed by atoms with E-state index in [9.17, 15) is 14.7 Å². The fourth-order valence-corrected chi connectivity index (χ4v) is 2.47. The van der Waals surface area contributed by atoms with Crippen LogP contribution in [-0.2, 0) is 9.53 Å². The number of carboxylic acids is 1. The maximum Gasteiger partial charge on any atom is 0.334 e. The van der Waals surface area contributed by atoms with Gasteiger partial charge in [0.25, 0.3) is 0 Å². The van der Waals surface area contributed by atoms with Gasteiger partial charge in [0.1, 0.15) is 0 Å². The van der Waals surface area contributed by atoms with Crippen molar-refractivity contribution in [1.82, 2.24) is 10.2 Å². The van der Waals surface area contributed by atoms with E-state index in [2.05, 4.69) is 5.32 Å². The number of rotatable bonds is 2. The number of morpholine rings is 1. The molecule has 0 aromatic heterocycles. The second-order valence-electron chi connectivity index (χ2n) is 5.10. The molecule has 1 unspecified atom stereocenters. The molecule has 7 heteroatoms. The summed E-state index contributed by atoms with van der Waals surface area (Å²) in [4.78, 5) is 24.3. The van der Waals surface area contributed by atoms with Gasteiger partial charge in [0.05, 0.1) is 19.3 Å². The van der Waals surface area contributed by atoms with Gasteiger partial charge in [-0.3, -0.25) is 0 Å². The van der Waals surface area contributed by atoms with Crippen LogP contribution in [0.2, 0.25) is 0 Å². The lowest BCUT2D eigenvalue weighted by Crippen LogP contribution is -2.54. The summed E-state index contributed by atoms with van der Waals surface area (Å²) in [7, 11) is 0. The van der Waals surface area contributed by atoms with Crippen molar-refractivity contribution in [3.63, 3.8) is 0 Å². The molecule has 1 atom stereocenters. The van der Waals surface area contributed by atoms with Crippen LogP contribution in [0.4, 0.5) is 4.79 Å². The molecule has 0 bridgehead atoms. The number of carboxylic acid groups (broad SMARTS) is 1. The third-order valence-electron chi connectivity index (χ3n) is 3.65. The van der Waals surface area contributed by atoms with Crippen LogP contribution >= 0.6 is 0 Å². The lowest BCUT2D eigenvalue weighted by atomic mass is 9.93. The first-order valence-corrected chi connectivity index (χ1v) is 6.64. The molecule has 108 valence electrons. The first-order valence-electron chi connectivity index (χ1n) is 6.64. The molecule has 0 radical (unpaired) electrons. The van der Waals surface area contributed by atoms with Gasteiger partial charge in [-0.1, -0.05) is 0 Å². The third kappa shape index (κ3) is 3.81. The molecule has 19 heavy (non-hydrogen) atoms. The number of aliphatic carboxylic acids is 1. The number of ether oxygens (including phenoxy) is 1. The van der Waals surface area contributed by atoms with Gasteiger partial charge in [-0.05, 0) is 25.7 Å². The van der Waals surface area contributed by atoms with E-state index in [1.54, 1.807) is 0 Å². The highest BCUT2D eigenvalue weighted by molar-refractivity contribution is 5.77. The quantitative estimate of drug-likeness (QED) is 0.645. The molecular formula is C12H20N2O5. The number of aliphatic hydroxyl groups excluding tert-OH is 1. The van der Waals surface area contributed by atoms with Gasteiger partial charge >= 0.3 is 12.0 Å². The van der Waals surface area contributed by atoms with Crippen molar-refractivity contribution < 1.29 is 24.5 Å². The minimum atomic E-state index is -1.04. The summed E-state index contributed by atoms with van der Waals surface area (Å²) in [5.41, 5.74) is 0. The Labute approximate surface area is 111 Å². The average Bonchev–Trinajstić information content (AvgIpc) is 2.41. The molecule has 2 fully saturated rings. The standard InChI is InChI=1S/C12H20N2O5/c15-9-3-1-8(2-4-9)13-12(18)14-5-6-19-10(7-14)11(16)17/h8-10,15H,1-7H2,(H,13,18)(H,16,17). The molecule has 2 amide bonds. The number of carbonyl (C=O) groups excluding carboxylic acids is 1. The summed E-state index contributed by atoms with van der Waals surface area (Å²) in [6.07, 6.45) is 1.73. The van der Waals surface area contributed by atoms with Crippen molar-refractivity contribution in [1.29, 1.82) is 0 Å². The topological polar surface area (TPSA) is 99.1 Å². The van der Waals surface area contributed by atoms with Crippen LogP contribution in [0.15, 0.2) is 0 Å². The number of aliphatic hydroxyl groups is 1. The zero-order valence-electron chi connectivity index (χ0n) is 10.7. The van der Waals surface area contributed by atoms with Gasteiger partial charge in [0, 0.05) is 12.6 Å². The van der Waals surface area contributed by atoms with Gasteiger partial charge in [0.2, 0.25) is 0 Å². The Hall–Kier alpha value is -1.34. The number of urea groups is 1. The molecular weight excluding hydrogens is 252 g/mol. The Morgan fingerprint density at radius 2 is 1.89 bits per heavy atom. The molecule has 0 spiro atoms. The molecule has 1 heterocycles. The maximum atomic E-state index is 12.0. The molecule has 1 saturated carbocycles. The van der Waals surface area contributed by atoms with Crippen molar-refractivity contribution in [3.05, 3.63) is 0 Å². The maximum absolute atomic E-state index is 12.0.